The molecule has 0 fully saturated rings. The molecule has 0 saturated carbocycles. The molecule has 0 unspecified atom stereocenters. The molecule has 0 aliphatic carbocycles. The molecule has 0 aliphatic heterocycles. The van der Waals surface area contributed by atoms with E-state index in [9.17, 15) is 0 Å². The van der Waals surface area contributed by atoms with Crippen LogP contribution in [-0.4, -0.2) is 9.97 Å². The maximum absolute atomic E-state index is 6.13. The molecule has 2 N–H and O–H groups in total. The third kappa shape index (κ3) is 3.26. The van der Waals surface area contributed by atoms with E-state index in [0.29, 0.717) is 28.8 Å². The van der Waals surface area contributed by atoms with Gasteiger partial charge < -0.3 is 10.5 Å². The summed E-state index contributed by atoms with van der Waals surface area (Å²) in [5, 5.41) is 0.548. The van der Waals surface area contributed by atoms with Crippen LogP contribution in [0, 0.1) is 6.92 Å². The van der Waals surface area contributed by atoms with Crippen LogP contribution < -0.4 is 10.5 Å². The molecule has 0 saturated heterocycles. The van der Waals surface area contributed by atoms with Crippen molar-refractivity contribution in [3.8, 4) is 11.5 Å². The van der Waals surface area contributed by atoms with Crippen LogP contribution in [0.3, 0.4) is 0 Å². The Morgan fingerprint density at radius 1 is 1.30 bits per heavy atom. The summed E-state index contributed by atoms with van der Waals surface area (Å²) in [6, 6.07) is 5.61. The van der Waals surface area contributed by atoms with Crippen LogP contribution >= 0.6 is 11.6 Å². The lowest BCUT2D eigenvalue weighted by molar-refractivity contribution is 0.467. The molecule has 0 aliphatic rings. The first-order valence-electron chi connectivity index (χ1n) is 6.51. The number of aromatic nitrogens is 2. The molecule has 0 amide bonds. The van der Waals surface area contributed by atoms with Gasteiger partial charge in [-0.05, 0) is 24.6 Å². The molecule has 0 radical (unpaired) electrons. The average Bonchev–Trinajstić information content (AvgIpc) is 2.43. The van der Waals surface area contributed by atoms with Crippen molar-refractivity contribution in [3.63, 3.8) is 0 Å². The standard InChI is InChI=1S/C15H18ClN3O/c1-9(2)15-18-8-14(12(7-17)19-15)20-13-6-10(3)4-5-11(13)16/h4-6,8-9H,7,17H2,1-3H3. The van der Waals surface area contributed by atoms with Crippen LogP contribution in [0.15, 0.2) is 24.4 Å². The number of halogens is 1. The van der Waals surface area contributed by atoms with Gasteiger partial charge in [0.15, 0.2) is 5.75 Å². The third-order valence-electron chi connectivity index (χ3n) is 2.86. The zero-order chi connectivity index (χ0) is 14.7. The summed E-state index contributed by atoms with van der Waals surface area (Å²) >= 11 is 6.13. The fourth-order valence-corrected chi connectivity index (χ4v) is 1.89. The Balaban J connectivity index is 2.35. The predicted octanol–water partition coefficient (Wildman–Crippen LogP) is 3.81. The molecule has 0 atom stereocenters. The van der Waals surface area contributed by atoms with E-state index in [0.717, 1.165) is 11.4 Å². The topological polar surface area (TPSA) is 61.0 Å². The van der Waals surface area contributed by atoms with Crippen molar-refractivity contribution in [2.45, 2.75) is 33.2 Å². The molecular formula is C15H18ClN3O. The number of ether oxygens (including phenoxy) is 1. The fourth-order valence-electron chi connectivity index (χ4n) is 1.74. The number of benzene rings is 1. The lowest BCUT2D eigenvalue weighted by atomic mass is 10.2. The number of nitrogens with zero attached hydrogens (tertiary/aromatic N) is 2. The van der Waals surface area contributed by atoms with Gasteiger partial charge in [-0.25, -0.2) is 9.97 Å². The Hall–Kier alpha value is -1.65. The summed E-state index contributed by atoms with van der Waals surface area (Å²) in [4.78, 5) is 8.74. The van der Waals surface area contributed by atoms with Gasteiger partial charge in [-0.3, -0.25) is 0 Å². The Bertz CT molecular complexity index is 614. The molecule has 106 valence electrons. The van der Waals surface area contributed by atoms with E-state index >= 15 is 0 Å². The smallest absolute Gasteiger partial charge is 0.168 e. The monoisotopic (exact) mass is 291 g/mol. The van der Waals surface area contributed by atoms with Gasteiger partial charge in [0.1, 0.15) is 17.3 Å². The van der Waals surface area contributed by atoms with Crippen LogP contribution in [0.25, 0.3) is 0 Å². The fraction of sp³-hybridized carbons (Fsp3) is 0.333. The van der Waals surface area contributed by atoms with Crippen molar-refractivity contribution in [2.24, 2.45) is 5.73 Å². The van der Waals surface area contributed by atoms with E-state index in [1.807, 2.05) is 32.9 Å². The molecular weight excluding hydrogens is 274 g/mol. The highest BCUT2D eigenvalue weighted by Gasteiger charge is 2.12. The minimum absolute atomic E-state index is 0.247. The third-order valence-corrected chi connectivity index (χ3v) is 3.18. The summed E-state index contributed by atoms with van der Waals surface area (Å²) in [7, 11) is 0. The highest BCUT2D eigenvalue weighted by molar-refractivity contribution is 6.32. The second-order valence-electron chi connectivity index (χ2n) is 4.93. The quantitative estimate of drug-likeness (QED) is 0.930. The van der Waals surface area contributed by atoms with E-state index in [-0.39, 0.29) is 5.92 Å². The van der Waals surface area contributed by atoms with Crippen molar-refractivity contribution in [1.82, 2.24) is 9.97 Å². The molecule has 4 nitrogen and oxygen atoms in total. The first-order valence-corrected chi connectivity index (χ1v) is 6.89. The number of aryl methyl sites for hydroxylation is 1. The molecule has 2 rings (SSSR count). The molecule has 2 aromatic rings. The summed E-state index contributed by atoms with van der Waals surface area (Å²) in [5.41, 5.74) is 7.49. The maximum Gasteiger partial charge on any atom is 0.168 e. The molecule has 0 spiro atoms. The summed E-state index contributed by atoms with van der Waals surface area (Å²) in [6.45, 7) is 6.34. The van der Waals surface area contributed by atoms with E-state index < -0.39 is 0 Å². The second-order valence-corrected chi connectivity index (χ2v) is 5.34. The maximum atomic E-state index is 6.13. The molecule has 20 heavy (non-hydrogen) atoms. The van der Waals surface area contributed by atoms with Crippen LogP contribution in [-0.2, 0) is 6.54 Å². The van der Waals surface area contributed by atoms with Gasteiger partial charge in [0.05, 0.1) is 11.2 Å². The predicted molar refractivity (Wildman–Crippen MR) is 80.3 cm³/mol. The van der Waals surface area contributed by atoms with E-state index in [1.165, 1.54) is 0 Å². The highest BCUT2D eigenvalue weighted by atomic mass is 35.5. The second kappa shape index (κ2) is 6.20. The van der Waals surface area contributed by atoms with Crippen molar-refractivity contribution < 1.29 is 4.74 Å². The number of nitrogens with two attached hydrogens (primary N) is 1. The molecule has 1 aromatic heterocycles. The molecule has 1 aromatic carbocycles. The molecule has 1 heterocycles. The van der Waals surface area contributed by atoms with E-state index in [1.54, 1.807) is 12.3 Å². The van der Waals surface area contributed by atoms with Crippen LogP contribution in [0.1, 0.15) is 36.8 Å². The number of rotatable bonds is 4. The first-order chi connectivity index (χ1) is 9.51. The van der Waals surface area contributed by atoms with E-state index in [4.69, 9.17) is 22.1 Å². The van der Waals surface area contributed by atoms with Crippen molar-refractivity contribution in [1.29, 1.82) is 0 Å². The van der Waals surface area contributed by atoms with Crippen LogP contribution in [0.2, 0.25) is 5.02 Å². The largest absolute Gasteiger partial charge is 0.452 e. The van der Waals surface area contributed by atoms with Crippen molar-refractivity contribution in [3.05, 3.63) is 46.5 Å². The summed E-state index contributed by atoms with van der Waals surface area (Å²) < 4.78 is 5.81. The van der Waals surface area contributed by atoms with Gasteiger partial charge >= 0.3 is 0 Å². The molecule has 0 bridgehead atoms. The normalized spacial score (nSPS) is 10.9. The zero-order valence-electron chi connectivity index (χ0n) is 11.9. The Morgan fingerprint density at radius 3 is 2.70 bits per heavy atom. The van der Waals surface area contributed by atoms with Gasteiger partial charge in [0.2, 0.25) is 0 Å². The number of hydrogen-bond acceptors (Lipinski definition) is 4. The number of hydrogen-bond donors (Lipinski definition) is 1. The van der Waals surface area contributed by atoms with Crippen molar-refractivity contribution >= 4 is 11.6 Å². The van der Waals surface area contributed by atoms with Crippen LogP contribution in [0.5, 0.6) is 11.5 Å². The van der Waals surface area contributed by atoms with E-state index in [2.05, 4.69) is 9.97 Å². The van der Waals surface area contributed by atoms with Gasteiger partial charge in [-0.15, -0.1) is 0 Å². The molecule has 5 heteroatoms. The van der Waals surface area contributed by atoms with Gasteiger partial charge in [-0.2, -0.15) is 0 Å². The summed E-state index contributed by atoms with van der Waals surface area (Å²) in [6.07, 6.45) is 1.66. The lowest BCUT2D eigenvalue weighted by Gasteiger charge is -2.13. The highest BCUT2D eigenvalue weighted by Crippen LogP contribution is 2.31. The Morgan fingerprint density at radius 2 is 2.05 bits per heavy atom. The van der Waals surface area contributed by atoms with Gasteiger partial charge in [-0.1, -0.05) is 31.5 Å². The minimum Gasteiger partial charge on any atom is -0.452 e. The Kier molecular flexibility index (Phi) is 4.57. The SMILES string of the molecule is Cc1ccc(Cl)c(Oc2cnc(C(C)C)nc2CN)c1. The average molecular weight is 292 g/mol. The summed E-state index contributed by atoms with van der Waals surface area (Å²) in [5.74, 6) is 2.14. The van der Waals surface area contributed by atoms with Gasteiger partial charge in [0.25, 0.3) is 0 Å². The first kappa shape index (κ1) is 14.8. The van der Waals surface area contributed by atoms with Crippen molar-refractivity contribution in [2.75, 3.05) is 0 Å². The minimum atomic E-state index is 0.247. The zero-order valence-corrected chi connectivity index (χ0v) is 12.6. The lowest BCUT2D eigenvalue weighted by Crippen LogP contribution is -2.07. The van der Waals surface area contributed by atoms with Gasteiger partial charge in [0, 0.05) is 12.5 Å². The van der Waals surface area contributed by atoms with Crippen LogP contribution in [0.4, 0.5) is 0 Å². The Labute approximate surface area is 124 Å².